The fourth-order valence-electron chi connectivity index (χ4n) is 4.11. The van der Waals surface area contributed by atoms with Gasteiger partial charge in [0.05, 0.1) is 34.8 Å². The summed E-state index contributed by atoms with van der Waals surface area (Å²) >= 11 is 0. The first-order valence-electron chi connectivity index (χ1n) is 11.7. The van der Waals surface area contributed by atoms with Crippen LogP contribution in [-0.4, -0.2) is 67.3 Å². The van der Waals surface area contributed by atoms with Crippen molar-refractivity contribution in [2.45, 2.75) is 0 Å². The SMILES string of the molecule is CN(C)CCOc1cncc(-c2cc3c(-c4nc5c(-c6ccc(F)cc6)nccc5[nH]4)n[nH]c3cn2)c1. The third kappa shape index (κ3) is 4.50. The first kappa shape index (κ1) is 22.7. The summed E-state index contributed by atoms with van der Waals surface area (Å²) < 4.78 is 19.3. The molecule has 0 aliphatic heterocycles. The molecule has 0 bridgehead atoms. The second kappa shape index (κ2) is 9.40. The van der Waals surface area contributed by atoms with Gasteiger partial charge in [0.25, 0.3) is 0 Å². The number of fused-ring (bicyclic) bond motifs is 2. The van der Waals surface area contributed by atoms with Crippen molar-refractivity contribution in [3.8, 4) is 39.8 Å². The molecule has 184 valence electrons. The predicted octanol–water partition coefficient (Wildman–Crippen LogP) is 4.70. The number of aromatic amines is 2. The molecule has 0 atom stereocenters. The molecule has 0 fully saturated rings. The van der Waals surface area contributed by atoms with Crippen LogP contribution < -0.4 is 4.74 Å². The molecular formula is C27H23FN8O. The Hall–Kier alpha value is -4.70. The van der Waals surface area contributed by atoms with Crippen molar-refractivity contribution >= 4 is 21.9 Å². The standard InChI is InChI=1S/C27H23FN8O/c1-36(2)9-10-37-19-11-17(13-29-14-19)22-12-20-23(15-31-22)34-35-25(20)27-32-21-7-8-30-24(26(21)33-27)16-3-5-18(28)6-4-16/h3-8,11-15H,9-10H2,1-2H3,(H,32,33)(H,34,35). The van der Waals surface area contributed by atoms with Gasteiger partial charge < -0.3 is 14.6 Å². The second-order valence-corrected chi connectivity index (χ2v) is 8.90. The minimum absolute atomic E-state index is 0.299. The number of nitrogens with one attached hydrogen (secondary N) is 2. The molecule has 0 radical (unpaired) electrons. The van der Waals surface area contributed by atoms with Crippen molar-refractivity contribution in [2.75, 3.05) is 27.2 Å². The average molecular weight is 495 g/mol. The van der Waals surface area contributed by atoms with E-state index in [1.165, 1.54) is 12.1 Å². The molecule has 6 rings (SSSR count). The van der Waals surface area contributed by atoms with E-state index in [1.807, 2.05) is 32.3 Å². The first-order chi connectivity index (χ1) is 18.0. The van der Waals surface area contributed by atoms with Gasteiger partial charge in [0.1, 0.15) is 29.4 Å². The number of H-pyrrole nitrogens is 2. The number of aromatic nitrogens is 7. The van der Waals surface area contributed by atoms with E-state index in [-0.39, 0.29) is 5.82 Å². The summed E-state index contributed by atoms with van der Waals surface area (Å²) in [5.41, 5.74) is 5.95. The Bertz CT molecular complexity index is 1710. The summed E-state index contributed by atoms with van der Waals surface area (Å²) in [7, 11) is 4.00. The maximum absolute atomic E-state index is 13.4. The number of halogens is 1. The lowest BCUT2D eigenvalue weighted by Crippen LogP contribution is -2.19. The van der Waals surface area contributed by atoms with E-state index in [0.717, 1.165) is 39.8 Å². The van der Waals surface area contributed by atoms with E-state index in [9.17, 15) is 4.39 Å². The third-order valence-electron chi connectivity index (χ3n) is 6.01. The van der Waals surface area contributed by atoms with Crippen LogP contribution in [0.4, 0.5) is 4.39 Å². The molecule has 1 aromatic carbocycles. The fraction of sp³-hybridized carbons (Fsp3) is 0.148. The van der Waals surface area contributed by atoms with Gasteiger partial charge in [-0.3, -0.25) is 20.1 Å². The Labute approximate surface area is 211 Å². The molecule has 0 saturated heterocycles. The normalized spacial score (nSPS) is 11.6. The van der Waals surface area contributed by atoms with Crippen molar-refractivity contribution < 1.29 is 9.13 Å². The van der Waals surface area contributed by atoms with Crippen molar-refractivity contribution in [2.24, 2.45) is 0 Å². The van der Waals surface area contributed by atoms with Crippen LogP contribution in [0.1, 0.15) is 0 Å². The lowest BCUT2D eigenvalue weighted by atomic mass is 10.1. The lowest BCUT2D eigenvalue weighted by Gasteiger charge is -2.11. The van der Waals surface area contributed by atoms with Crippen LogP contribution in [0.3, 0.4) is 0 Å². The minimum Gasteiger partial charge on any atom is -0.491 e. The smallest absolute Gasteiger partial charge is 0.159 e. The third-order valence-corrected chi connectivity index (χ3v) is 6.01. The van der Waals surface area contributed by atoms with E-state index in [2.05, 4.69) is 35.0 Å². The van der Waals surface area contributed by atoms with Crippen LogP contribution in [0, 0.1) is 5.82 Å². The molecule has 0 amide bonds. The van der Waals surface area contributed by atoms with E-state index >= 15 is 0 Å². The van der Waals surface area contributed by atoms with Crippen molar-refractivity contribution in [3.05, 3.63) is 73.1 Å². The average Bonchev–Trinajstić information content (AvgIpc) is 3.53. The van der Waals surface area contributed by atoms with Gasteiger partial charge in [-0.05, 0) is 56.6 Å². The van der Waals surface area contributed by atoms with E-state index in [0.29, 0.717) is 35.1 Å². The highest BCUT2D eigenvalue weighted by atomic mass is 19.1. The van der Waals surface area contributed by atoms with Crippen molar-refractivity contribution in [1.82, 2.24) is 40.0 Å². The lowest BCUT2D eigenvalue weighted by molar-refractivity contribution is 0.261. The Morgan fingerprint density at radius 3 is 2.62 bits per heavy atom. The summed E-state index contributed by atoms with van der Waals surface area (Å²) in [5, 5.41) is 8.41. The number of nitrogens with zero attached hydrogens (tertiary/aromatic N) is 6. The van der Waals surface area contributed by atoms with Gasteiger partial charge >= 0.3 is 0 Å². The van der Waals surface area contributed by atoms with Gasteiger partial charge in [0, 0.05) is 35.5 Å². The molecule has 5 aromatic heterocycles. The number of imidazole rings is 1. The van der Waals surface area contributed by atoms with E-state index < -0.39 is 0 Å². The number of rotatable bonds is 7. The number of benzene rings is 1. The minimum atomic E-state index is -0.299. The molecule has 37 heavy (non-hydrogen) atoms. The zero-order chi connectivity index (χ0) is 25.4. The van der Waals surface area contributed by atoms with Crippen LogP contribution in [-0.2, 0) is 0 Å². The second-order valence-electron chi connectivity index (χ2n) is 8.90. The van der Waals surface area contributed by atoms with Crippen molar-refractivity contribution in [1.29, 1.82) is 0 Å². The molecule has 6 aromatic rings. The topological polar surface area (TPSA) is 109 Å². The van der Waals surface area contributed by atoms with Crippen LogP contribution in [0.25, 0.3) is 56.0 Å². The van der Waals surface area contributed by atoms with Gasteiger partial charge in [-0.15, -0.1) is 0 Å². The number of pyridine rings is 3. The van der Waals surface area contributed by atoms with Gasteiger partial charge in [-0.2, -0.15) is 5.10 Å². The molecular weight excluding hydrogens is 471 g/mol. The van der Waals surface area contributed by atoms with Crippen molar-refractivity contribution in [3.63, 3.8) is 0 Å². The molecule has 2 N–H and O–H groups in total. The molecule has 0 aliphatic carbocycles. The Balaban J connectivity index is 1.37. The Morgan fingerprint density at radius 2 is 1.78 bits per heavy atom. The van der Waals surface area contributed by atoms with Gasteiger partial charge in [0.2, 0.25) is 0 Å². The summed E-state index contributed by atoms with van der Waals surface area (Å²) in [6.07, 6.45) is 6.90. The van der Waals surface area contributed by atoms with Gasteiger partial charge in [-0.25, -0.2) is 9.37 Å². The molecule has 0 aliphatic rings. The highest BCUT2D eigenvalue weighted by molar-refractivity contribution is 5.96. The molecule has 5 heterocycles. The number of hydrogen-bond acceptors (Lipinski definition) is 7. The molecule has 9 nitrogen and oxygen atoms in total. The summed E-state index contributed by atoms with van der Waals surface area (Å²) in [6.45, 7) is 1.38. The van der Waals surface area contributed by atoms with Crippen LogP contribution in [0.2, 0.25) is 0 Å². The predicted molar refractivity (Wildman–Crippen MR) is 139 cm³/mol. The monoisotopic (exact) mass is 494 g/mol. The first-order valence-corrected chi connectivity index (χ1v) is 11.7. The van der Waals surface area contributed by atoms with E-state index in [1.54, 1.807) is 36.9 Å². The number of ether oxygens (including phenoxy) is 1. The number of likely N-dealkylation sites (N-methyl/N-ethyl adjacent to an activating group) is 1. The largest absolute Gasteiger partial charge is 0.491 e. The zero-order valence-electron chi connectivity index (χ0n) is 20.2. The highest BCUT2D eigenvalue weighted by Gasteiger charge is 2.17. The Kier molecular flexibility index (Phi) is 5.78. The highest BCUT2D eigenvalue weighted by Crippen LogP contribution is 2.32. The molecule has 0 saturated carbocycles. The van der Waals surface area contributed by atoms with E-state index in [4.69, 9.17) is 9.72 Å². The van der Waals surface area contributed by atoms with Crippen LogP contribution >= 0.6 is 0 Å². The summed E-state index contributed by atoms with van der Waals surface area (Å²) in [4.78, 5) is 23.6. The molecule has 0 spiro atoms. The molecule has 0 unspecified atom stereocenters. The number of hydrogen-bond donors (Lipinski definition) is 2. The van der Waals surface area contributed by atoms with Gasteiger partial charge in [0.15, 0.2) is 5.82 Å². The van der Waals surface area contributed by atoms with Crippen LogP contribution in [0.5, 0.6) is 5.75 Å². The van der Waals surface area contributed by atoms with Gasteiger partial charge in [-0.1, -0.05) is 0 Å². The molecule has 10 heteroatoms. The zero-order valence-corrected chi connectivity index (χ0v) is 20.2. The summed E-state index contributed by atoms with van der Waals surface area (Å²) in [5.74, 6) is 0.979. The van der Waals surface area contributed by atoms with Crippen LogP contribution in [0.15, 0.2) is 67.3 Å². The quantitative estimate of drug-likeness (QED) is 0.331. The Morgan fingerprint density at radius 1 is 0.919 bits per heavy atom. The maximum atomic E-state index is 13.4. The fourth-order valence-corrected chi connectivity index (χ4v) is 4.11. The summed E-state index contributed by atoms with van der Waals surface area (Å²) in [6, 6.07) is 12.0. The maximum Gasteiger partial charge on any atom is 0.159 e.